The van der Waals surface area contributed by atoms with Crippen LogP contribution >= 0.6 is 11.3 Å². The Kier molecular flexibility index (Phi) is 4.28. The maximum atomic E-state index is 5.06. The van der Waals surface area contributed by atoms with Crippen molar-refractivity contribution in [2.45, 2.75) is 38.6 Å². The van der Waals surface area contributed by atoms with Crippen LogP contribution in [0.5, 0.6) is 0 Å². The first-order chi connectivity index (χ1) is 11.7. The third-order valence-electron chi connectivity index (χ3n) is 5.06. The molecule has 1 fully saturated rings. The van der Waals surface area contributed by atoms with E-state index in [0.29, 0.717) is 0 Å². The Balaban J connectivity index is 1.71. The average molecular weight is 337 g/mol. The molecule has 1 saturated heterocycles. The van der Waals surface area contributed by atoms with E-state index in [1.165, 1.54) is 50.8 Å². The zero-order valence-electron chi connectivity index (χ0n) is 14.5. The fourth-order valence-corrected chi connectivity index (χ4v) is 4.68. The molecule has 3 aromatic rings. The van der Waals surface area contributed by atoms with Crippen LogP contribution in [-0.4, -0.2) is 24.3 Å². The van der Waals surface area contributed by atoms with Crippen molar-refractivity contribution >= 4 is 37.3 Å². The number of benzene rings is 2. The van der Waals surface area contributed by atoms with Crippen LogP contribution in [0.1, 0.15) is 44.2 Å². The number of aliphatic imine (C=N–C) groups is 1. The van der Waals surface area contributed by atoms with Gasteiger partial charge in [-0.2, -0.15) is 0 Å². The summed E-state index contributed by atoms with van der Waals surface area (Å²) in [6.45, 7) is 3.36. The maximum Gasteiger partial charge on any atom is 0.0993 e. The van der Waals surface area contributed by atoms with E-state index in [1.54, 1.807) is 0 Å². The summed E-state index contributed by atoms with van der Waals surface area (Å²) >= 11 is 1.88. The summed E-state index contributed by atoms with van der Waals surface area (Å²) in [6, 6.07) is 15.8. The zero-order valence-corrected chi connectivity index (χ0v) is 15.3. The van der Waals surface area contributed by atoms with Gasteiger partial charge in [0.15, 0.2) is 0 Å². The van der Waals surface area contributed by atoms with E-state index in [1.807, 2.05) is 11.3 Å². The van der Waals surface area contributed by atoms with Crippen LogP contribution in [0.25, 0.3) is 20.2 Å². The van der Waals surface area contributed by atoms with Gasteiger partial charge in [0, 0.05) is 40.2 Å². The second-order valence-corrected chi connectivity index (χ2v) is 7.89. The third-order valence-corrected chi connectivity index (χ3v) is 6.21. The molecular weight excluding hydrogens is 312 g/mol. The van der Waals surface area contributed by atoms with E-state index in [9.17, 15) is 0 Å². The normalized spacial score (nSPS) is 19.1. The zero-order chi connectivity index (χ0) is 16.5. The first-order valence-electron chi connectivity index (χ1n) is 8.91. The lowest BCUT2D eigenvalue weighted by Gasteiger charge is -2.20. The largest absolute Gasteiger partial charge is 0.363 e. The molecule has 1 aliphatic heterocycles. The first kappa shape index (κ1) is 15.6. The predicted octanol–water partition coefficient (Wildman–Crippen LogP) is 6.02. The second-order valence-electron chi connectivity index (χ2n) is 6.81. The quantitative estimate of drug-likeness (QED) is 0.558. The Hall–Kier alpha value is -1.87. The molecule has 124 valence electrons. The molecule has 3 heteroatoms. The van der Waals surface area contributed by atoms with E-state index in [-0.39, 0.29) is 6.04 Å². The number of likely N-dealkylation sites (tertiary alicyclic amines) is 1. The number of fused-ring (bicyclic) bond motifs is 3. The molecule has 2 nitrogen and oxygen atoms in total. The second kappa shape index (κ2) is 6.56. The minimum atomic E-state index is 0.212. The molecule has 0 bridgehead atoms. The van der Waals surface area contributed by atoms with Gasteiger partial charge in [0.1, 0.15) is 0 Å². The van der Waals surface area contributed by atoms with Gasteiger partial charge in [-0.3, -0.25) is 4.99 Å². The summed E-state index contributed by atoms with van der Waals surface area (Å²) in [6.07, 6.45) is 5.00. The van der Waals surface area contributed by atoms with E-state index >= 15 is 0 Å². The van der Waals surface area contributed by atoms with Gasteiger partial charge in [0.25, 0.3) is 0 Å². The summed E-state index contributed by atoms with van der Waals surface area (Å²) in [5.41, 5.74) is 1.32. The molecule has 1 atom stereocenters. The highest BCUT2D eigenvalue weighted by Crippen LogP contribution is 2.35. The van der Waals surface area contributed by atoms with Crippen LogP contribution < -0.4 is 0 Å². The average Bonchev–Trinajstić information content (AvgIpc) is 2.85. The molecule has 24 heavy (non-hydrogen) atoms. The van der Waals surface area contributed by atoms with Crippen LogP contribution in [0.15, 0.2) is 47.5 Å². The van der Waals surface area contributed by atoms with Crippen LogP contribution in [0.4, 0.5) is 0 Å². The summed E-state index contributed by atoms with van der Waals surface area (Å²) in [5, 5.41) is 2.74. The Morgan fingerprint density at radius 1 is 1.00 bits per heavy atom. The number of rotatable bonds is 2. The van der Waals surface area contributed by atoms with Crippen LogP contribution in [0, 0.1) is 0 Å². The van der Waals surface area contributed by atoms with Gasteiger partial charge >= 0.3 is 0 Å². The van der Waals surface area contributed by atoms with Gasteiger partial charge in [0.05, 0.1) is 11.9 Å². The van der Waals surface area contributed by atoms with Crippen molar-refractivity contribution in [2.24, 2.45) is 4.99 Å². The molecule has 0 N–H and O–H groups in total. The summed E-state index contributed by atoms with van der Waals surface area (Å²) < 4.78 is 2.73. The molecule has 1 unspecified atom stereocenters. The highest BCUT2D eigenvalue weighted by Gasteiger charge is 2.14. The van der Waals surface area contributed by atoms with Gasteiger partial charge in [-0.25, -0.2) is 0 Å². The molecule has 1 aliphatic rings. The fourth-order valence-electron chi connectivity index (χ4n) is 3.59. The topological polar surface area (TPSA) is 15.6 Å². The van der Waals surface area contributed by atoms with Crippen molar-refractivity contribution in [3.05, 3.63) is 48.0 Å². The lowest BCUT2D eigenvalue weighted by molar-refractivity contribution is 0.490. The Bertz CT molecular complexity index is 893. The lowest BCUT2D eigenvalue weighted by atomic mass is 10.0. The lowest BCUT2D eigenvalue weighted by Crippen LogP contribution is -2.26. The van der Waals surface area contributed by atoms with Gasteiger partial charge < -0.3 is 4.90 Å². The SMILES string of the molecule is CC(N=C1CCCCCN1C)c1ccc2sc3ccccc3c2c1. The van der Waals surface area contributed by atoms with Crippen molar-refractivity contribution < 1.29 is 0 Å². The molecule has 0 aliphatic carbocycles. The van der Waals surface area contributed by atoms with Crippen LogP contribution in [0.3, 0.4) is 0 Å². The first-order valence-corrected chi connectivity index (χ1v) is 9.73. The molecule has 0 amide bonds. The molecule has 2 heterocycles. The highest BCUT2D eigenvalue weighted by molar-refractivity contribution is 7.25. The summed E-state index contributed by atoms with van der Waals surface area (Å²) in [7, 11) is 2.19. The van der Waals surface area contributed by atoms with E-state index in [2.05, 4.69) is 61.3 Å². The standard InChI is InChI=1S/C21H24N2S/c1-15(22-21-10-4-3-7-13-23(21)2)16-11-12-20-18(14-16)17-8-5-6-9-19(17)24-20/h5-6,8-9,11-12,14-15H,3-4,7,10,13H2,1-2H3. The number of hydrogen-bond acceptors (Lipinski definition) is 2. The van der Waals surface area contributed by atoms with E-state index in [0.717, 1.165) is 13.0 Å². The third kappa shape index (κ3) is 2.93. The minimum Gasteiger partial charge on any atom is -0.363 e. The summed E-state index contributed by atoms with van der Waals surface area (Å²) in [5.74, 6) is 1.27. The minimum absolute atomic E-state index is 0.212. The number of nitrogens with zero attached hydrogens (tertiary/aromatic N) is 2. The fraction of sp³-hybridized carbons (Fsp3) is 0.381. The molecule has 0 spiro atoms. The maximum absolute atomic E-state index is 5.06. The van der Waals surface area contributed by atoms with Crippen molar-refractivity contribution in [3.8, 4) is 0 Å². The molecule has 2 aromatic carbocycles. The predicted molar refractivity (Wildman–Crippen MR) is 106 cm³/mol. The van der Waals surface area contributed by atoms with Crippen molar-refractivity contribution in [1.29, 1.82) is 0 Å². The Morgan fingerprint density at radius 2 is 1.83 bits per heavy atom. The van der Waals surface area contributed by atoms with Gasteiger partial charge in [0.2, 0.25) is 0 Å². The summed E-state index contributed by atoms with van der Waals surface area (Å²) in [4.78, 5) is 7.41. The number of amidine groups is 1. The smallest absolute Gasteiger partial charge is 0.0993 e. The Morgan fingerprint density at radius 3 is 2.75 bits per heavy atom. The Labute approximate surface area is 147 Å². The van der Waals surface area contributed by atoms with Crippen molar-refractivity contribution in [3.63, 3.8) is 0 Å². The monoisotopic (exact) mass is 336 g/mol. The molecule has 0 radical (unpaired) electrons. The van der Waals surface area contributed by atoms with Crippen molar-refractivity contribution in [2.75, 3.05) is 13.6 Å². The van der Waals surface area contributed by atoms with Crippen LogP contribution in [-0.2, 0) is 0 Å². The number of hydrogen-bond donors (Lipinski definition) is 0. The highest BCUT2D eigenvalue weighted by atomic mass is 32.1. The van der Waals surface area contributed by atoms with E-state index < -0.39 is 0 Å². The number of thiophene rings is 1. The van der Waals surface area contributed by atoms with E-state index in [4.69, 9.17) is 4.99 Å². The van der Waals surface area contributed by atoms with Gasteiger partial charge in [-0.15, -0.1) is 11.3 Å². The molecule has 1 aromatic heterocycles. The van der Waals surface area contributed by atoms with Gasteiger partial charge in [-0.05, 0) is 43.5 Å². The van der Waals surface area contributed by atoms with Crippen LogP contribution in [0.2, 0.25) is 0 Å². The van der Waals surface area contributed by atoms with Crippen molar-refractivity contribution in [1.82, 2.24) is 4.90 Å². The van der Waals surface area contributed by atoms with Gasteiger partial charge in [-0.1, -0.05) is 30.7 Å². The molecule has 0 saturated carbocycles. The molecular formula is C21H24N2S. The molecule has 4 rings (SSSR count).